The first-order valence-electron chi connectivity index (χ1n) is 7.56. The summed E-state index contributed by atoms with van der Waals surface area (Å²) in [5.41, 5.74) is 1.03. The van der Waals surface area contributed by atoms with Crippen LogP contribution in [0.25, 0.3) is 0 Å². The molecule has 0 radical (unpaired) electrons. The van der Waals surface area contributed by atoms with E-state index in [1.165, 1.54) is 12.8 Å². The van der Waals surface area contributed by atoms with Crippen LogP contribution in [0.1, 0.15) is 31.2 Å². The molecule has 1 aromatic rings. The third-order valence-corrected chi connectivity index (χ3v) is 6.60. The number of hydrogen-bond acceptors (Lipinski definition) is 4. The Hall–Kier alpha value is -0.560. The van der Waals surface area contributed by atoms with Gasteiger partial charge in [-0.1, -0.05) is 12.1 Å². The van der Waals surface area contributed by atoms with E-state index >= 15 is 0 Å². The predicted octanol–water partition coefficient (Wildman–Crippen LogP) is 2.11. The van der Waals surface area contributed by atoms with Gasteiger partial charge in [0.1, 0.15) is 0 Å². The second kappa shape index (κ2) is 6.69. The molecule has 0 aromatic heterocycles. The van der Waals surface area contributed by atoms with Gasteiger partial charge in [-0.15, -0.1) is 0 Å². The molecular weight excluding hydrogens is 304 g/mol. The molecule has 1 aromatic carbocycles. The summed E-state index contributed by atoms with van der Waals surface area (Å²) in [7, 11) is -3.40. The van der Waals surface area contributed by atoms with Gasteiger partial charge in [0.25, 0.3) is 0 Å². The lowest BCUT2D eigenvalue weighted by Gasteiger charge is -2.22. The molecule has 1 unspecified atom stereocenters. The van der Waals surface area contributed by atoms with E-state index in [1.54, 1.807) is 12.1 Å². The zero-order valence-corrected chi connectivity index (χ0v) is 13.7. The summed E-state index contributed by atoms with van der Waals surface area (Å²) in [5.74, 6) is 2.02. The van der Waals surface area contributed by atoms with Crippen molar-refractivity contribution in [3.8, 4) is 0 Å². The van der Waals surface area contributed by atoms with Crippen LogP contribution in [-0.2, 0) is 16.6 Å². The van der Waals surface area contributed by atoms with Crippen LogP contribution in [0, 0.1) is 0 Å². The molecule has 0 spiro atoms. The molecule has 4 nitrogen and oxygen atoms in total. The molecule has 6 heteroatoms. The van der Waals surface area contributed by atoms with Crippen LogP contribution in [0.2, 0.25) is 0 Å². The van der Waals surface area contributed by atoms with E-state index < -0.39 is 10.0 Å². The quantitative estimate of drug-likeness (QED) is 0.841. The molecule has 21 heavy (non-hydrogen) atoms. The van der Waals surface area contributed by atoms with Gasteiger partial charge in [0, 0.05) is 24.4 Å². The van der Waals surface area contributed by atoms with Crippen molar-refractivity contribution in [3.63, 3.8) is 0 Å². The molecule has 2 fully saturated rings. The molecule has 2 N–H and O–H groups in total. The van der Waals surface area contributed by atoms with Crippen LogP contribution in [0.5, 0.6) is 0 Å². The number of thioether (sulfide) groups is 1. The average molecular weight is 326 g/mol. The maximum Gasteiger partial charge on any atom is 0.240 e. The van der Waals surface area contributed by atoms with Crippen molar-refractivity contribution in [1.82, 2.24) is 10.0 Å². The summed E-state index contributed by atoms with van der Waals surface area (Å²) in [5, 5.41) is 3.41. The Kier molecular flexibility index (Phi) is 4.88. The fourth-order valence-corrected chi connectivity index (χ4v) is 5.01. The molecule has 116 valence electrons. The summed E-state index contributed by atoms with van der Waals surface area (Å²) in [6.45, 7) is 0.743. The SMILES string of the molecule is O=S(=O)(NC1CCCSC1)c1cccc(CNC2CC2)c1. The maximum atomic E-state index is 12.5. The second-order valence-corrected chi connectivity index (χ2v) is 8.70. The molecule has 0 bridgehead atoms. The standard InChI is InChI=1S/C15H22N2O2S2/c18-21(19,17-14-4-2-8-20-11-14)15-5-1-3-12(9-15)10-16-13-6-7-13/h1,3,5,9,13-14,16-17H,2,4,6-8,10-11H2. The van der Waals surface area contributed by atoms with E-state index in [1.807, 2.05) is 23.9 Å². The highest BCUT2D eigenvalue weighted by molar-refractivity contribution is 7.99. The lowest BCUT2D eigenvalue weighted by atomic mass is 10.2. The zero-order valence-electron chi connectivity index (χ0n) is 12.0. The van der Waals surface area contributed by atoms with E-state index in [2.05, 4.69) is 10.0 Å². The Morgan fingerprint density at radius 2 is 2.05 bits per heavy atom. The van der Waals surface area contributed by atoms with Crippen molar-refractivity contribution in [2.24, 2.45) is 0 Å². The molecule has 1 aliphatic carbocycles. The number of nitrogens with one attached hydrogen (secondary N) is 2. The van der Waals surface area contributed by atoms with Crippen molar-refractivity contribution in [2.45, 2.75) is 49.2 Å². The molecule has 1 saturated heterocycles. The summed E-state index contributed by atoms with van der Waals surface area (Å²) in [6, 6.07) is 7.97. The Balaban J connectivity index is 1.66. The van der Waals surface area contributed by atoms with Crippen molar-refractivity contribution in [3.05, 3.63) is 29.8 Å². The first-order chi connectivity index (χ1) is 10.1. The maximum absolute atomic E-state index is 12.5. The van der Waals surface area contributed by atoms with Gasteiger partial charge in [-0.3, -0.25) is 0 Å². The normalized spacial score (nSPS) is 23.1. The Morgan fingerprint density at radius 1 is 1.19 bits per heavy atom. The van der Waals surface area contributed by atoms with Crippen LogP contribution < -0.4 is 10.0 Å². The summed E-state index contributed by atoms with van der Waals surface area (Å²) >= 11 is 1.82. The van der Waals surface area contributed by atoms with Crippen molar-refractivity contribution >= 4 is 21.8 Å². The lowest BCUT2D eigenvalue weighted by molar-refractivity contribution is 0.543. The van der Waals surface area contributed by atoms with Gasteiger partial charge in [-0.25, -0.2) is 13.1 Å². The van der Waals surface area contributed by atoms with Gasteiger partial charge in [0.2, 0.25) is 10.0 Å². The minimum atomic E-state index is -3.40. The lowest BCUT2D eigenvalue weighted by Crippen LogP contribution is -2.38. The summed E-state index contributed by atoms with van der Waals surface area (Å²) in [4.78, 5) is 0.383. The molecule has 1 atom stereocenters. The average Bonchev–Trinajstić information content (AvgIpc) is 3.30. The van der Waals surface area contributed by atoms with Gasteiger partial charge in [-0.05, 0) is 49.1 Å². The highest BCUT2D eigenvalue weighted by atomic mass is 32.2. The number of sulfonamides is 1. The third-order valence-electron chi connectivity index (χ3n) is 3.86. The molecule has 1 saturated carbocycles. The van der Waals surface area contributed by atoms with E-state index in [0.717, 1.165) is 36.5 Å². The predicted molar refractivity (Wildman–Crippen MR) is 87.0 cm³/mol. The second-order valence-electron chi connectivity index (χ2n) is 5.84. The van der Waals surface area contributed by atoms with Crippen LogP contribution in [0.15, 0.2) is 29.2 Å². The summed E-state index contributed by atoms with van der Waals surface area (Å²) in [6.07, 6.45) is 4.50. The largest absolute Gasteiger partial charge is 0.310 e. The first kappa shape index (κ1) is 15.3. The monoisotopic (exact) mass is 326 g/mol. The minimum absolute atomic E-state index is 0.0713. The van der Waals surface area contributed by atoms with E-state index in [0.29, 0.717) is 10.9 Å². The highest BCUT2D eigenvalue weighted by Crippen LogP contribution is 2.21. The van der Waals surface area contributed by atoms with Gasteiger partial charge in [0.15, 0.2) is 0 Å². The van der Waals surface area contributed by atoms with Gasteiger partial charge < -0.3 is 5.32 Å². The Morgan fingerprint density at radius 3 is 2.76 bits per heavy atom. The van der Waals surface area contributed by atoms with Crippen LogP contribution in [0.4, 0.5) is 0 Å². The van der Waals surface area contributed by atoms with Crippen LogP contribution in [-0.4, -0.2) is 32.0 Å². The zero-order chi connectivity index (χ0) is 14.7. The fraction of sp³-hybridized carbons (Fsp3) is 0.600. The van der Waals surface area contributed by atoms with E-state index in [-0.39, 0.29) is 6.04 Å². The van der Waals surface area contributed by atoms with Gasteiger partial charge >= 0.3 is 0 Å². The first-order valence-corrected chi connectivity index (χ1v) is 10.2. The molecular formula is C15H22N2O2S2. The fourth-order valence-electron chi connectivity index (χ4n) is 2.49. The Labute approximate surface area is 131 Å². The smallest absolute Gasteiger partial charge is 0.240 e. The third kappa shape index (κ3) is 4.45. The molecule has 3 rings (SSSR count). The molecule has 2 aliphatic rings. The van der Waals surface area contributed by atoms with E-state index in [9.17, 15) is 8.42 Å². The van der Waals surface area contributed by atoms with Crippen molar-refractivity contribution in [2.75, 3.05) is 11.5 Å². The van der Waals surface area contributed by atoms with E-state index in [4.69, 9.17) is 0 Å². The number of benzene rings is 1. The topological polar surface area (TPSA) is 58.2 Å². The molecule has 1 heterocycles. The van der Waals surface area contributed by atoms with Crippen molar-refractivity contribution in [1.29, 1.82) is 0 Å². The number of rotatable bonds is 6. The van der Waals surface area contributed by atoms with Gasteiger partial charge in [-0.2, -0.15) is 11.8 Å². The number of hydrogen-bond donors (Lipinski definition) is 2. The van der Waals surface area contributed by atoms with Crippen LogP contribution in [0.3, 0.4) is 0 Å². The summed E-state index contributed by atoms with van der Waals surface area (Å²) < 4.78 is 27.8. The van der Waals surface area contributed by atoms with Crippen molar-refractivity contribution < 1.29 is 8.42 Å². The van der Waals surface area contributed by atoms with Crippen LogP contribution >= 0.6 is 11.8 Å². The minimum Gasteiger partial charge on any atom is -0.310 e. The van der Waals surface area contributed by atoms with Gasteiger partial charge in [0.05, 0.1) is 4.90 Å². The highest BCUT2D eigenvalue weighted by Gasteiger charge is 2.23. The molecule has 0 amide bonds. The Bertz CT molecular complexity index is 579. The molecule has 1 aliphatic heterocycles.